The molecule has 0 fully saturated rings. The van der Waals surface area contributed by atoms with Crippen molar-refractivity contribution in [1.29, 1.82) is 0 Å². The van der Waals surface area contributed by atoms with Crippen molar-refractivity contribution in [3.05, 3.63) is 46.5 Å². The molecule has 0 radical (unpaired) electrons. The molecule has 0 spiro atoms. The lowest BCUT2D eigenvalue weighted by atomic mass is 10.1. The van der Waals surface area contributed by atoms with Gasteiger partial charge in [0.25, 0.3) is 0 Å². The molecule has 1 aromatic heterocycles. The van der Waals surface area contributed by atoms with Crippen LogP contribution >= 0.6 is 11.3 Å². The monoisotopic (exact) mass is 353 g/mol. The molecule has 130 valence electrons. The highest BCUT2D eigenvalue weighted by Crippen LogP contribution is 2.17. The Labute approximate surface area is 144 Å². The number of benzene rings is 1. The summed E-state index contributed by atoms with van der Waals surface area (Å²) in [5, 5.41) is 9.15. The second-order valence-electron chi connectivity index (χ2n) is 5.35. The molecule has 0 aliphatic heterocycles. The summed E-state index contributed by atoms with van der Waals surface area (Å²) in [6.07, 6.45) is 0.367. The van der Waals surface area contributed by atoms with Crippen LogP contribution < -0.4 is 15.5 Å². The van der Waals surface area contributed by atoms with Crippen molar-refractivity contribution >= 4 is 22.4 Å². The van der Waals surface area contributed by atoms with Gasteiger partial charge < -0.3 is 15.5 Å². The molecular weight excluding hydrogens is 332 g/mol. The van der Waals surface area contributed by atoms with Crippen LogP contribution in [0.3, 0.4) is 0 Å². The fraction of sp³-hybridized carbons (Fsp3) is 0.375. The van der Waals surface area contributed by atoms with Gasteiger partial charge in [0.15, 0.2) is 11.1 Å². The molecule has 0 atom stereocenters. The lowest BCUT2D eigenvalue weighted by Crippen LogP contribution is -2.38. The predicted octanol–water partition coefficient (Wildman–Crippen LogP) is 2.40. The minimum absolute atomic E-state index is 0.341. The smallest absolute Gasteiger partial charge is 0.191 e. The standard InChI is InChI=1S/C16H21F2N5S/c1-19-15(21-9-13-10-24-16(22-13)23(2)3)20-7-6-11-8-12(17)4-5-14(11)18/h4-5,8,10H,6-7,9H2,1-3H3,(H2,19,20,21). The largest absolute Gasteiger partial charge is 0.356 e. The average Bonchev–Trinajstić information content (AvgIpc) is 3.03. The van der Waals surface area contributed by atoms with Crippen molar-refractivity contribution in [3.63, 3.8) is 0 Å². The van der Waals surface area contributed by atoms with Crippen LogP contribution in [0.25, 0.3) is 0 Å². The van der Waals surface area contributed by atoms with Gasteiger partial charge in [0.05, 0.1) is 12.2 Å². The second kappa shape index (κ2) is 8.58. The van der Waals surface area contributed by atoms with E-state index < -0.39 is 11.6 Å². The Morgan fingerprint density at radius 3 is 2.75 bits per heavy atom. The third-order valence-corrected chi connectivity index (χ3v) is 4.33. The molecule has 1 heterocycles. The first-order valence-corrected chi connectivity index (χ1v) is 8.37. The first kappa shape index (κ1) is 18.1. The Kier molecular flexibility index (Phi) is 6.48. The molecule has 0 unspecified atom stereocenters. The minimum Gasteiger partial charge on any atom is -0.356 e. The number of hydrogen-bond acceptors (Lipinski definition) is 4. The van der Waals surface area contributed by atoms with Crippen LogP contribution in [0.2, 0.25) is 0 Å². The predicted molar refractivity (Wildman–Crippen MR) is 94.7 cm³/mol. The van der Waals surface area contributed by atoms with E-state index in [0.717, 1.165) is 23.0 Å². The fourth-order valence-corrected chi connectivity index (χ4v) is 2.79. The van der Waals surface area contributed by atoms with E-state index in [1.54, 1.807) is 18.4 Å². The minimum atomic E-state index is -0.436. The van der Waals surface area contributed by atoms with E-state index in [2.05, 4.69) is 20.6 Å². The van der Waals surface area contributed by atoms with Gasteiger partial charge in [0, 0.05) is 33.1 Å². The molecule has 0 saturated heterocycles. The highest BCUT2D eigenvalue weighted by molar-refractivity contribution is 7.13. The van der Waals surface area contributed by atoms with Gasteiger partial charge in [0.2, 0.25) is 0 Å². The fourth-order valence-electron chi connectivity index (χ4n) is 2.03. The lowest BCUT2D eigenvalue weighted by Gasteiger charge is -2.11. The van der Waals surface area contributed by atoms with Crippen molar-refractivity contribution in [1.82, 2.24) is 15.6 Å². The number of aliphatic imine (C=N–C) groups is 1. The summed E-state index contributed by atoms with van der Waals surface area (Å²) in [7, 11) is 5.55. The summed E-state index contributed by atoms with van der Waals surface area (Å²) in [5.41, 5.74) is 1.26. The molecule has 2 N–H and O–H groups in total. The van der Waals surface area contributed by atoms with Gasteiger partial charge >= 0.3 is 0 Å². The van der Waals surface area contributed by atoms with Gasteiger partial charge in [-0.25, -0.2) is 13.8 Å². The van der Waals surface area contributed by atoms with Crippen LogP contribution in [-0.2, 0) is 13.0 Å². The van der Waals surface area contributed by atoms with Crippen LogP contribution in [0.15, 0.2) is 28.6 Å². The van der Waals surface area contributed by atoms with Crippen molar-refractivity contribution < 1.29 is 8.78 Å². The lowest BCUT2D eigenvalue weighted by molar-refractivity contribution is 0.583. The molecule has 2 rings (SSSR count). The Morgan fingerprint density at radius 1 is 1.29 bits per heavy atom. The summed E-state index contributed by atoms with van der Waals surface area (Å²) in [4.78, 5) is 10.5. The molecule has 1 aromatic carbocycles. The molecule has 24 heavy (non-hydrogen) atoms. The third kappa shape index (κ3) is 5.16. The van der Waals surface area contributed by atoms with E-state index in [1.165, 1.54) is 6.07 Å². The molecule has 0 bridgehead atoms. The normalized spacial score (nSPS) is 11.5. The van der Waals surface area contributed by atoms with Gasteiger partial charge in [-0.1, -0.05) is 0 Å². The highest BCUT2D eigenvalue weighted by atomic mass is 32.1. The van der Waals surface area contributed by atoms with Crippen LogP contribution in [0.4, 0.5) is 13.9 Å². The average molecular weight is 353 g/mol. The molecule has 2 aromatic rings. The van der Waals surface area contributed by atoms with Crippen molar-refractivity contribution in [2.24, 2.45) is 4.99 Å². The highest BCUT2D eigenvalue weighted by Gasteiger charge is 2.06. The van der Waals surface area contributed by atoms with Gasteiger partial charge in [-0.2, -0.15) is 0 Å². The zero-order valence-electron chi connectivity index (χ0n) is 13.9. The Bertz CT molecular complexity index is 700. The first-order valence-electron chi connectivity index (χ1n) is 7.49. The van der Waals surface area contributed by atoms with Gasteiger partial charge in [-0.05, 0) is 30.2 Å². The number of thiazole rings is 1. The maximum atomic E-state index is 13.6. The molecule has 5 nitrogen and oxygen atoms in total. The summed E-state index contributed by atoms with van der Waals surface area (Å²) in [6, 6.07) is 3.47. The number of hydrogen-bond donors (Lipinski definition) is 2. The van der Waals surface area contributed by atoms with Crippen LogP contribution in [-0.4, -0.2) is 38.6 Å². The van der Waals surface area contributed by atoms with Gasteiger partial charge in [-0.3, -0.25) is 4.99 Å². The van der Waals surface area contributed by atoms with E-state index in [9.17, 15) is 8.78 Å². The van der Waals surface area contributed by atoms with Crippen LogP contribution in [0, 0.1) is 11.6 Å². The molecule has 0 aliphatic rings. The van der Waals surface area contributed by atoms with Crippen molar-refractivity contribution in [3.8, 4) is 0 Å². The number of guanidine groups is 1. The summed E-state index contributed by atoms with van der Waals surface area (Å²) in [5.74, 6) is -0.250. The molecule has 8 heteroatoms. The topological polar surface area (TPSA) is 52.6 Å². The zero-order chi connectivity index (χ0) is 17.5. The van der Waals surface area contributed by atoms with Crippen LogP contribution in [0.5, 0.6) is 0 Å². The second-order valence-corrected chi connectivity index (χ2v) is 6.19. The Morgan fingerprint density at radius 2 is 2.08 bits per heavy atom. The number of anilines is 1. The van der Waals surface area contributed by atoms with E-state index in [0.29, 0.717) is 31.0 Å². The summed E-state index contributed by atoms with van der Waals surface area (Å²) >= 11 is 1.57. The van der Waals surface area contributed by atoms with E-state index >= 15 is 0 Å². The number of nitrogens with zero attached hydrogens (tertiary/aromatic N) is 3. The summed E-state index contributed by atoms with van der Waals surface area (Å²) in [6.45, 7) is 0.985. The number of halogens is 2. The maximum absolute atomic E-state index is 13.6. The quantitative estimate of drug-likeness (QED) is 0.619. The molecular formula is C16H21F2N5S. The SMILES string of the molecule is CN=C(NCCc1cc(F)ccc1F)NCc1csc(N(C)C)n1. The maximum Gasteiger partial charge on any atom is 0.191 e. The Balaban J connectivity index is 1.81. The molecule has 0 saturated carbocycles. The number of aromatic nitrogens is 1. The van der Waals surface area contributed by atoms with E-state index in [-0.39, 0.29) is 0 Å². The first-order chi connectivity index (χ1) is 11.5. The molecule has 0 aliphatic carbocycles. The van der Waals surface area contributed by atoms with Crippen molar-refractivity contribution in [2.45, 2.75) is 13.0 Å². The molecule has 0 amide bonds. The third-order valence-electron chi connectivity index (χ3n) is 3.28. The van der Waals surface area contributed by atoms with Crippen LogP contribution in [0.1, 0.15) is 11.3 Å². The Hall–Kier alpha value is -2.22. The number of nitrogens with one attached hydrogen (secondary N) is 2. The summed E-state index contributed by atoms with van der Waals surface area (Å²) < 4.78 is 26.7. The van der Waals surface area contributed by atoms with E-state index in [4.69, 9.17) is 0 Å². The zero-order valence-corrected chi connectivity index (χ0v) is 14.8. The van der Waals surface area contributed by atoms with Crippen molar-refractivity contribution in [2.75, 3.05) is 32.6 Å². The van der Waals surface area contributed by atoms with Gasteiger partial charge in [0.1, 0.15) is 11.6 Å². The number of rotatable bonds is 6. The van der Waals surface area contributed by atoms with E-state index in [1.807, 2.05) is 24.4 Å². The van der Waals surface area contributed by atoms with Gasteiger partial charge in [-0.15, -0.1) is 11.3 Å².